The highest BCUT2D eigenvalue weighted by atomic mass is 32.1. The Hall–Kier alpha value is -2.15. The van der Waals surface area contributed by atoms with E-state index in [4.69, 9.17) is 11.5 Å². The molecule has 0 aliphatic rings. The number of hydrogen-bond donors (Lipinski definition) is 2. The average Bonchev–Trinajstić information content (AvgIpc) is 2.81. The first-order chi connectivity index (χ1) is 8.15. The van der Waals surface area contributed by atoms with Crippen LogP contribution >= 0.6 is 11.3 Å². The van der Waals surface area contributed by atoms with Crippen molar-refractivity contribution >= 4 is 27.1 Å². The van der Waals surface area contributed by atoms with Crippen molar-refractivity contribution in [3.63, 3.8) is 0 Å². The van der Waals surface area contributed by atoms with Crippen LogP contribution < -0.4 is 11.5 Å². The van der Waals surface area contributed by atoms with Crippen LogP contribution in [-0.4, -0.2) is 19.8 Å². The molecule has 2 aromatic heterocycles. The predicted molar refractivity (Wildman–Crippen MR) is 67.7 cm³/mol. The van der Waals surface area contributed by atoms with Gasteiger partial charge in [0, 0.05) is 11.3 Å². The summed E-state index contributed by atoms with van der Waals surface area (Å²) in [7, 11) is 0. The van der Waals surface area contributed by atoms with E-state index >= 15 is 0 Å². The molecule has 86 valence electrons. The van der Waals surface area contributed by atoms with Gasteiger partial charge >= 0.3 is 0 Å². The zero-order chi connectivity index (χ0) is 12.0. The van der Waals surface area contributed by atoms with Crippen molar-refractivity contribution in [1.82, 2.24) is 19.8 Å². The molecule has 7 heteroatoms. The lowest BCUT2D eigenvalue weighted by Crippen LogP contribution is -1.95. The van der Waals surface area contributed by atoms with Crippen LogP contribution in [0.3, 0.4) is 0 Å². The topological polar surface area (TPSA) is 95.1 Å². The van der Waals surface area contributed by atoms with Crippen LogP contribution in [0.15, 0.2) is 18.2 Å². The lowest BCUT2D eigenvalue weighted by Gasteiger charge is -2.02. The van der Waals surface area contributed by atoms with E-state index in [0.29, 0.717) is 15.9 Å². The third-order valence-electron chi connectivity index (χ3n) is 2.54. The van der Waals surface area contributed by atoms with Crippen LogP contribution in [0, 0.1) is 6.92 Å². The van der Waals surface area contributed by atoms with Crippen molar-refractivity contribution in [1.29, 1.82) is 0 Å². The van der Waals surface area contributed by atoms with Gasteiger partial charge in [0.05, 0.1) is 0 Å². The van der Waals surface area contributed by atoms with E-state index in [0.717, 1.165) is 16.8 Å². The van der Waals surface area contributed by atoms with Gasteiger partial charge in [0.1, 0.15) is 0 Å². The maximum absolute atomic E-state index is 5.88. The number of nitrogens with two attached hydrogens (primary N) is 2. The van der Waals surface area contributed by atoms with E-state index in [9.17, 15) is 0 Å². The molecule has 0 saturated carbocycles. The fraction of sp³-hybridized carbons (Fsp3) is 0.100. The minimum Gasteiger partial charge on any atom is -0.398 e. The first kappa shape index (κ1) is 10.0. The van der Waals surface area contributed by atoms with Gasteiger partial charge in [0.25, 0.3) is 0 Å². The number of nitrogens with zero attached hydrogens (tertiary/aromatic N) is 4. The molecule has 0 spiro atoms. The van der Waals surface area contributed by atoms with E-state index < -0.39 is 0 Å². The highest BCUT2D eigenvalue weighted by Crippen LogP contribution is 2.24. The Morgan fingerprint density at radius 2 is 2.06 bits per heavy atom. The Morgan fingerprint density at radius 1 is 1.24 bits per heavy atom. The third-order valence-corrected chi connectivity index (χ3v) is 3.27. The minimum absolute atomic E-state index is 0.469. The van der Waals surface area contributed by atoms with Crippen LogP contribution in [-0.2, 0) is 0 Å². The standard InChI is InChI=1S/C10H10N6S/c1-5-2-3-6(4-7(5)11)8-13-14-10-16(8)15-9(12)17-10/h2-4H,11H2,1H3,(H2,12,15). The third kappa shape index (κ3) is 1.51. The van der Waals surface area contributed by atoms with Gasteiger partial charge in [-0.1, -0.05) is 23.5 Å². The van der Waals surface area contributed by atoms with E-state index in [2.05, 4.69) is 15.3 Å². The van der Waals surface area contributed by atoms with E-state index in [1.807, 2.05) is 25.1 Å². The van der Waals surface area contributed by atoms with Crippen LogP contribution in [0.4, 0.5) is 10.8 Å². The Kier molecular flexibility index (Phi) is 2.02. The molecule has 0 radical (unpaired) electrons. The van der Waals surface area contributed by atoms with Crippen molar-refractivity contribution in [2.45, 2.75) is 6.92 Å². The fourth-order valence-corrected chi connectivity index (χ4v) is 2.20. The maximum Gasteiger partial charge on any atom is 0.236 e. The molecule has 0 aliphatic carbocycles. The lowest BCUT2D eigenvalue weighted by molar-refractivity contribution is 0.973. The van der Waals surface area contributed by atoms with E-state index in [1.54, 1.807) is 4.52 Å². The monoisotopic (exact) mass is 246 g/mol. The number of benzene rings is 1. The molecule has 0 amide bonds. The van der Waals surface area contributed by atoms with Gasteiger partial charge < -0.3 is 11.5 Å². The summed E-state index contributed by atoms with van der Waals surface area (Å²) in [4.78, 5) is 0.677. The zero-order valence-corrected chi connectivity index (χ0v) is 9.90. The smallest absolute Gasteiger partial charge is 0.236 e. The van der Waals surface area contributed by atoms with Crippen LogP contribution in [0.2, 0.25) is 0 Å². The predicted octanol–water partition coefficient (Wildman–Crippen LogP) is 1.33. The molecule has 0 fully saturated rings. The Bertz CT molecular complexity index is 698. The number of fused-ring (bicyclic) bond motifs is 1. The van der Waals surface area contributed by atoms with Gasteiger partial charge in [-0.15, -0.1) is 15.3 Å². The number of aryl methyl sites for hydroxylation is 1. The van der Waals surface area contributed by atoms with Gasteiger partial charge in [-0.05, 0) is 18.6 Å². The molecule has 0 aliphatic heterocycles. The first-order valence-corrected chi connectivity index (χ1v) is 5.81. The van der Waals surface area contributed by atoms with Crippen molar-refractivity contribution < 1.29 is 0 Å². The Morgan fingerprint density at radius 3 is 2.82 bits per heavy atom. The highest BCUT2D eigenvalue weighted by molar-refractivity contribution is 7.20. The summed E-state index contributed by atoms with van der Waals surface area (Å²) in [6, 6.07) is 5.75. The quantitative estimate of drug-likeness (QED) is 0.631. The molecule has 0 saturated heterocycles. The normalized spacial score (nSPS) is 11.1. The number of rotatable bonds is 1. The maximum atomic E-state index is 5.88. The summed E-state index contributed by atoms with van der Waals surface area (Å²) in [5.41, 5.74) is 14.1. The summed E-state index contributed by atoms with van der Waals surface area (Å²) in [5, 5.41) is 12.7. The van der Waals surface area contributed by atoms with Crippen molar-refractivity contribution in [3.05, 3.63) is 23.8 Å². The average molecular weight is 246 g/mol. The molecule has 17 heavy (non-hydrogen) atoms. The van der Waals surface area contributed by atoms with E-state index in [-0.39, 0.29) is 0 Å². The summed E-state index contributed by atoms with van der Waals surface area (Å²) < 4.78 is 1.63. The molecule has 2 heterocycles. The molecule has 0 bridgehead atoms. The Labute approximate surface area is 101 Å². The second-order valence-corrected chi connectivity index (χ2v) is 4.72. The SMILES string of the molecule is Cc1ccc(-c2nnc3sc(N)nn23)cc1N. The second kappa shape index (κ2) is 3.42. The van der Waals surface area contributed by atoms with Gasteiger partial charge in [-0.25, -0.2) is 0 Å². The molecule has 0 unspecified atom stereocenters. The summed E-state index contributed by atoms with van der Waals surface area (Å²) in [6.07, 6.45) is 0. The van der Waals surface area contributed by atoms with Gasteiger partial charge in [0.2, 0.25) is 10.1 Å². The molecule has 3 rings (SSSR count). The summed E-state index contributed by atoms with van der Waals surface area (Å²) in [5.74, 6) is 0.652. The van der Waals surface area contributed by atoms with E-state index in [1.165, 1.54) is 11.3 Å². The first-order valence-electron chi connectivity index (χ1n) is 4.99. The van der Waals surface area contributed by atoms with Gasteiger partial charge in [0.15, 0.2) is 5.82 Å². The molecule has 1 aromatic carbocycles. The number of nitrogen functional groups attached to an aromatic ring is 2. The van der Waals surface area contributed by atoms with Gasteiger partial charge in [-0.3, -0.25) is 0 Å². The molecular weight excluding hydrogens is 236 g/mol. The highest BCUT2D eigenvalue weighted by Gasteiger charge is 2.12. The number of hydrogen-bond acceptors (Lipinski definition) is 6. The zero-order valence-electron chi connectivity index (χ0n) is 9.08. The fourth-order valence-electron chi connectivity index (χ4n) is 1.59. The minimum atomic E-state index is 0.469. The molecule has 4 N–H and O–H groups in total. The van der Waals surface area contributed by atoms with Gasteiger partial charge in [-0.2, -0.15) is 4.52 Å². The molecule has 0 atom stereocenters. The number of aromatic nitrogens is 4. The Balaban J connectivity index is 2.22. The molecular formula is C10H10N6S. The lowest BCUT2D eigenvalue weighted by atomic mass is 10.1. The van der Waals surface area contributed by atoms with Crippen LogP contribution in [0.25, 0.3) is 16.3 Å². The second-order valence-electron chi connectivity index (χ2n) is 3.73. The van der Waals surface area contributed by atoms with Crippen molar-refractivity contribution in [3.8, 4) is 11.4 Å². The van der Waals surface area contributed by atoms with Crippen molar-refractivity contribution in [2.75, 3.05) is 11.5 Å². The summed E-state index contributed by atoms with van der Waals surface area (Å²) >= 11 is 1.30. The molecule has 3 aromatic rings. The van der Waals surface area contributed by atoms with Crippen LogP contribution in [0.1, 0.15) is 5.56 Å². The largest absolute Gasteiger partial charge is 0.398 e. The van der Waals surface area contributed by atoms with Crippen molar-refractivity contribution in [2.24, 2.45) is 0 Å². The van der Waals surface area contributed by atoms with Crippen LogP contribution in [0.5, 0.6) is 0 Å². The summed E-state index contributed by atoms with van der Waals surface area (Å²) in [6.45, 7) is 1.96. The molecule has 6 nitrogen and oxygen atoms in total. The number of anilines is 2.